The Morgan fingerprint density at radius 3 is 2.50 bits per heavy atom. The van der Waals surface area contributed by atoms with Gasteiger partial charge in [0.05, 0.1) is 27.3 Å². The Bertz CT molecular complexity index is 1400. The average molecular weight is 405 g/mol. The Balaban J connectivity index is 1.66. The highest BCUT2D eigenvalue weighted by molar-refractivity contribution is 6.36. The van der Waals surface area contributed by atoms with E-state index in [0.717, 1.165) is 44.4 Å². The fraction of sp³-hybridized carbons (Fsp3) is 0.0455. The van der Waals surface area contributed by atoms with E-state index in [1.165, 1.54) is 0 Å². The molecular weight excluding hydrogens is 391 g/mol. The van der Waals surface area contributed by atoms with Gasteiger partial charge in [0.1, 0.15) is 5.52 Å². The van der Waals surface area contributed by atoms with Crippen molar-refractivity contribution in [1.82, 2.24) is 14.5 Å². The fourth-order valence-electron chi connectivity index (χ4n) is 3.36. The lowest BCUT2D eigenvalue weighted by Crippen LogP contribution is -1.91. The minimum atomic E-state index is 0.569. The lowest BCUT2D eigenvalue weighted by atomic mass is 10.2. The van der Waals surface area contributed by atoms with Crippen LogP contribution in [0.5, 0.6) is 0 Å². The molecule has 0 N–H and O–H groups in total. The van der Waals surface area contributed by atoms with Crippen LogP contribution in [-0.4, -0.2) is 20.7 Å². The summed E-state index contributed by atoms with van der Waals surface area (Å²) >= 11 is 12.2. The van der Waals surface area contributed by atoms with Gasteiger partial charge < -0.3 is 4.57 Å². The largest absolute Gasteiger partial charge is 0.327 e. The van der Waals surface area contributed by atoms with E-state index in [1.54, 1.807) is 18.3 Å². The molecule has 5 rings (SSSR count). The monoisotopic (exact) mass is 404 g/mol. The molecule has 3 aromatic carbocycles. The molecule has 0 spiro atoms. The lowest BCUT2D eigenvalue weighted by Gasteiger charge is -2.00. The summed E-state index contributed by atoms with van der Waals surface area (Å²) in [6, 6.07) is 19.3. The summed E-state index contributed by atoms with van der Waals surface area (Å²) in [4.78, 5) is 14.2. The molecule has 0 saturated heterocycles. The Labute approximate surface area is 171 Å². The summed E-state index contributed by atoms with van der Waals surface area (Å²) in [6.07, 6.45) is 1.74. The van der Waals surface area contributed by atoms with Crippen molar-refractivity contribution < 1.29 is 0 Å². The minimum Gasteiger partial charge on any atom is -0.327 e. The van der Waals surface area contributed by atoms with Gasteiger partial charge in [-0.1, -0.05) is 41.4 Å². The SMILES string of the molecule is Cn1c2ccc(N=Cc3ccc(Cl)cc3Cl)cc2c2nc3ccccc3nc21. The maximum atomic E-state index is 6.23. The number of aryl methyl sites for hydroxylation is 1. The molecule has 0 unspecified atom stereocenters. The van der Waals surface area contributed by atoms with Gasteiger partial charge in [-0.15, -0.1) is 0 Å². The Morgan fingerprint density at radius 2 is 1.71 bits per heavy atom. The van der Waals surface area contributed by atoms with E-state index >= 15 is 0 Å². The normalized spacial score (nSPS) is 12.0. The molecule has 0 bridgehead atoms. The first kappa shape index (κ1) is 17.2. The summed E-state index contributed by atoms with van der Waals surface area (Å²) in [6.45, 7) is 0. The molecule has 5 aromatic rings. The molecule has 6 heteroatoms. The number of hydrogen-bond acceptors (Lipinski definition) is 3. The molecule has 28 heavy (non-hydrogen) atoms. The van der Waals surface area contributed by atoms with Gasteiger partial charge in [-0.25, -0.2) is 9.97 Å². The molecular formula is C22H14Cl2N4. The van der Waals surface area contributed by atoms with Gasteiger partial charge >= 0.3 is 0 Å². The molecule has 0 saturated carbocycles. The number of nitrogens with zero attached hydrogens (tertiary/aromatic N) is 4. The van der Waals surface area contributed by atoms with Crippen molar-refractivity contribution in [1.29, 1.82) is 0 Å². The summed E-state index contributed by atoms with van der Waals surface area (Å²) in [5.74, 6) is 0. The molecule has 0 aliphatic carbocycles. The highest BCUT2D eigenvalue weighted by Crippen LogP contribution is 2.30. The van der Waals surface area contributed by atoms with Crippen LogP contribution in [0, 0.1) is 0 Å². The first-order valence-corrected chi connectivity index (χ1v) is 9.50. The number of benzene rings is 3. The van der Waals surface area contributed by atoms with E-state index in [1.807, 2.05) is 55.6 Å². The summed E-state index contributed by atoms with van der Waals surface area (Å²) in [5, 5.41) is 2.19. The van der Waals surface area contributed by atoms with Crippen molar-refractivity contribution in [2.45, 2.75) is 0 Å². The average Bonchev–Trinajstić information content (AvgIpc) is 2.97. The van der Waals surface area contributed by atoms with E-state index in [-0.39, 0.29) is 0 Å². The molecule has 0 aliphatic heterocycles. The molecule has 0 atom stereocenters. The predicted octanol–water partition coefficient (Wildman–Crippen LogP) is 6.33. The van der Waals surface area contributed by atoms with Crippen molar-refractivity contribution in [2.24, 2.45) is 12.0 Å². The van der Waals surface area contributed by atoms with Crippen LogP contribution in [0.25, 0.3) is 33.1 Å². The van der Waals surface area contributed by atoms with E-state index in [4.69, 9.17) is 33.2 Å². The number of halogens is 2. The summed E-state index contributed by atoms with van der Waals surface area (Å²) in [7, 11) is 2.00. The zero-order chi connectivity index (χ0) is 19.3. The van der Waals surface area contributed by atoms with E-state index in [9.17, 15) is 0 Å². The lowest BCUT2D eigenvalue weighted by molar-refractivity contribution is 0.992. The molecule has 136 valence electrons. The zero-order valence-corrected chi connectivity index (χ0v) is 16.4. The van der Waals surface area contributed by atoms with Crippen LogP contribution >= 0.6 is 23.2 Å². The maximum Gasteiger partial charge on any atom is 0.160 e. The first-order chi connectivity index (χ1) is 13.6. The summed E-state index contributed by atoms with van der Waals surface area (Å²) in [5.41, 5.74) is 6.19. The van der Waals surface area contributed by atoms with Crippen LogP contribution < -0.4 is 0 Å². The second kappa shape index (κ2) is 6.59. The second-order valence-electron chi connectivity index (χ2n) is 6.57. The van der Waals surface area contributed by atoms with E-state index < -0.39 is 0 Å². The fourth-order valence-corrected chi connectivity index (χ4v) is 3.81. The number of aliphatic imine (C=N–C) groups is 1. The van der Waals surface area contributed by atoms with Crippen molar-refractivity contribution in [3.8, 4) is 0 Å². The van der Waals surface area contributed by atoms with Crippen LogP contribution in [-0.2, 0) is 7.05 Å². The van der Waals surface area contributed by atoms with Crippen molar-refractivity contribution in [3.05, 3.63) is 76.3 Å². The molecule has 0 aliphatic rings. The van der Waals surface area contributed by atoms with Gasteiger partial charge in [-0.05, 0) is 42.5 Å². The Hall–Kier alpha value is -2.95. The standard InChI is InChI=1S/C22H14Cl2N4/c1-28-20-9-8-15(25-12-13-6-7-14(23)10-17(13)24)11-16(20)21-22(28)27-19-5-3-2-4-18(19)26-21/h2-12H,1H3. The van der Waals surface area contributed by atoms with Crippen molar-refractivity contribution in [2.75, 3.05) is 0 Å². The molecule has 0 radical (unpaired) electrons. The molecule has 4 nitrogen and oxygen atoms in total. The third kappa shape index (κ3) is 2.82. The van der Waals surface area contributed by atoms with Crippen LogP contribution in [0.1, 0.15) is 5.56 Å². The molecule has 0 fully saturated rings. The third-order valence-corrected chi connectivity index (χ3v) is 5.34. The highest BCUT2D eigenvalue weighted by atomic mass is 35.5. The number of para-hydroxylation sites is 2. The number of aromatic nitrogens is 3. The molecule has 2 aromatic heterocycles. The van der Waals surface area contributed by atoms with Crippen molar-refractivity contribution in [3.63, 3.8) is 0 Å². The minimum absolute atomic E-state index is 0.569. The molecule has 2 heterocycles. The van der Waals surface area contributed by atoms with Gasteiger partial charge in [0.15, 0.2) is 5.65 Å². The van der Waals surface area contributed by atoms with E-state index in [0.29, 0.717) is 10.0 Å². The Kier molecular flexibility index (Phi) is 4.04. The van der Waals surface area contributed by atoms with Gasteiger partial charge in [0.2, 0.25) is 0 Å². The Morgan fingerprint density at radius 1 is 0.929 bits per heavy atom. The van der Waals surface area contributed by atoms with Crippen LogP contribution in [0.3, 0.4) is 0 Å². The summed E-state index contributed by atoms with van der Waals surface area (Å²) < 4.78 is 2.06. The first-order valence-electron chi connectivity index (χ1n) is 8.74. The quantitative estimate of drug-likeness (QED) is 0.322. The third-order valence-electron chi connectivity index (χ3n) is 4.78. The van der Waals surface area contributed by atoms with Gasteiger partial charge in [0.25, 0.3) is 0 Å². The predicted molar refractivity (Wildman–Crippen MR) is 117 cm³/mol. The highest BCUT2D eigenvalue weighted by Gasteiger charge is 2.12. The van der Waals surface area contributed by atoms with Gasteiger partial charge in [-0.3, -0.25) is 4.99 Å². The number of rotatable bonds is 2. The van der Waals surface area contributed by atoms with Crippen LogP contribution in [0.2, 0.25) is 10.0 Å². The van der Waals surface area contributed by atoms with Gasteiger partial charge in [-0.2, -0.15) is 0 Å². The molecule has 0 amide bonds. The zero-order valence-electron chi connectivity index (χ0n) is 14.9. The van der Waals surface area contributed by atoms with Crippen LogP contribution in [0.4, 0.5) is 5.69 Å². The van der Waals surface area contributed by atoms with Crippen LogP contribution in [0.15, 0.2) is 65.7 Å². The number of fused-ring (bicyclic) bond motifs is 4. The van der Waals surface area contributed by atoms with Gasteiger partial charge in [0, 0.05) is 29.2 Å². The maximum absolute atomic E-state index is 6.23. The second-order valence-corrected chi connectivity index (χ2v) is 7.41. The number of hydrogen-bond donors (Lipinski definition) is 0. The van der Waals surface area contributed by atoms with E-state index in [2.05, 4.69) is 9.56 Å². The van der Waals surface area contributed by atoms with Crippen molar-refractivity contribution >= 4 is 68.2 Å². The smallest absolute Gasteiger partial charge is 0.160 e. The topological polar surface area (TPSA) is 43.1 Å².